The summed E-state index contributed by atoms with van der Waals surface area (Å²) >= 11 is 0. The predicted molar refractivity (Wildman–Crippen MR) is 76.2 cm³/mol. The van der Waals surface area contributed by atoms with Gasteiger partial charge >= 0.3 is 5.97 Å². The summed E-state index contributed by atoms with van der Waals surface area (Å²) in [5.41, 5.74) is -0.363. The van der Waals surface area contributed by atoms with Crippen LogP contribution in [0.3, 0.4) is 0 Å². The third-order valence-electron chi connectivity index (χ3n) is 3.24. The van der Waals surface area contributed by atoms with Crippen LogP contribution in [-0.2, 0) is 19.0 Å². The van der Waals surface area contributed by atoms with Gasteiger partial charge in [0.15, 0.2) is 0 Å². The lowest BCUT2D eigenvalue weighted by Gasteiger charge is -2.20. The van der Waals surface area contributed by atoms with Gasteiger partial charge in [-0.25, -0.2) is 0 Å². The molecule has 0 saturated heterocycles. The molecule has 0 radical (unpaired) electrons. The van der Waals surface area contributed by atoms with Gasteiger partial charge in [0.2, 0.25) is 0 Å². The Morgan fingerprint density at radius 3 is 2.00 bits per heavy atom. The van der Waals surface area contributed by atoms with E-state index >= 15 is 0 Å². The Bertz CT molecular complexity index is 226. The summed E-state index contributed by atoms with van der Waals surface area (Å²) in [6.07, 6.45) is 4.68. The van der Waals surface area contributed by atoms with E-state index in [1.807, 2.05) is 20.8 Å². The van der Waals surface area contributed by atoms with Gasteiger partial charge in [0.1, 0.15) is 0 Å². The molecule has 0 heterocycles. The minimum absolute atomic E-state index is 0.101. The van der Waals surface area contributed by atoms with E-state index < -0.39 is 0 Å². The SMILES string of the molecule is CCC(C)(C)C(=O)OCCCCOCCCCOC. The molecule has 0 aliphatic rings. The Morgan fingerprint density at radius 2 is 1.47 bits per heavy atom. The van der Waals surface area contributed by atoms with Crippen molar-refractivity contribution in [3.8, 4) is 0 Å². The lowest BCUT2D eigenvalue weighted by Crippen LogP contribution is -2.26. The Balaban J connectivity index is 3.30. The molecule has 0 rings (SSSR count). The van der Waals surface area contributed by atoms with Crippen LogP contribution in [0, 0.1) is 5.41 Å². The van der Waals surface area contributed by atoms with E-state index in [1.54, 1.807) is 7.11 Å². The maximum absolute atomic E-state index is 11.7. The number of rotatable bonds is 12. The predicted octanol–water partition coefficient (Wildman–Crippen LogP) is 3.19. The summed E-state index contributed by atoms with van der Waals surface area (Å²) in [5, 5.41) is 0. The molecule has 0 aromatic carbocycles. The fourth-order valence-corrected chi connectivity index (χ4v) is 1.36. The van der Waals surface area contributed by atoms with Crippen LogP contribution in [0.1, 0.15) is 52.9 Å². The van der Waals surface area contributed by atoms with E-state index in [1.165, 1.54) is 0 Å². The monoisotopic (exact) mass is 274 g/mol. The maximum atomic E-state index is 11.7. The fourth-order valence-electron chi connectivity index (χ4n) is 1.36. The Morgan fingerprint density at radius 1 is 0.947 bits per heavy atom. The van der Waals surface area contributed by atoms with Crippen molar-refractivity contribution < 1.29 is 19.0 Å². The summed E-state index contributed by atoms with van der Waals surface area (Å²) in [4.78, 5) is 11.7. The highest BCUT2D eigenvalue weighted by Crippen LogP contribution is 2.21. The van der Waals surface area contributed by atoms with E-state index in [0.29, 0.717) is 6.61 Å². The highest BCUT2D eigenvalue weighted by atomic mass is 16.5. The van der Waals surface area contributed by atoms with Gasteiger partial charge in [-0.05, 0) is 46.0 Å². The van der Waals surface area contributed by atoms with Gasteiger partial charge in [-0.1, -0.05) is 6.92 Å². The van der Waals surface area contributed by atoms with Gasteiger partial charge < -0.3 is 14.2 Å². The molecule has 0 bridgehead atoms. The molecule has 0 saturated carbocycles. The number of hydrogen-bond acceptors (Lipinski definition) is 4. The smallest absolute Gasteiger partial charge is 0.311 e. The first-order chi connectivity index (χ1) is 9.04. The number of ether oxygens (including phenoxy) is 3. The highest BCUT2D eigenvalue weighted by Gasteiger charge is 2.26. The minimum atomic E-state index is -0.363. The number of carbonyl (C=O) groups excluding carboxylic acids is 1. The second kappa shape index (κ2) is 11.2. The van der Waals surface area contributed by atoms with E-state index in [4.69, 9.17) is 14.2 Å². The number of esters is 1. The lowest BCUT2D eigenvalue weighted by molar-refractivity contribution is -0.154. The average Bonchev–Trinajstić information content (AvgIpc) is 2.40. The van der Waals surface area contributed by atoms with Crippen molar-refractivity contribution in [1.82, 2.24) is 0 Å². The number of hydrogen-bond donors (Lipinski definition) is 0. The molecule has 0 aromatic rings. The molecule has 0 aliphatic carbocycles. The quantitative estimate of drug-likeness (QED) is 0.405. The fraction of sp³-hybridized carbons (Fsp3) is 0.933. The zero-order chi connectivity index (χ0) is 14.6. The third kappa shape index (κ3) is 9.91. The first-order valence-electron chi connectivity index (χ1n) is 7.28. The Hall–Kier alpha value is -0.610. The molecule has 0 spiro atoms. The average molecular weight is 274 g/mol. The number of methoxy groups -OCH3 is 1. The van der Waals surface area contributed by atoms with Crippen LogP contribution < -0.4 is 0 Å². The molecular weight excluding hydrogens is 244 g/mol. The van der Waals surface area contributed by atoms with Crippen LogP contribution in [0.15, 0.2) is 0 Å². The molecule has 0 aliphatic heterocycles. The third-order valence-corrected chi connectivity index (χ3v) is 3.24. The minimum Gasteiger partial charge on any atom is -0.465 e. The Labute approximate surface area is 117 Å². The molecule has 4 heteroatoms. The van der Waals surface area contributed by atoms with Crippen LogP contribution in [0.4, 0.5) is 0 Å². The number of carbonyl (C=O) groups is 1. The van der Waals surface area contributed by atoms with Gasteiger partial charge in [0.05, 0.1) is 12.0 Å². The first-order valence-corrected chi connectivity index (χ1v) is 7.28. The molecule has 0 fully saturated rings. The molecule has 19 heavy (non-hydrogen) atoms. The molecule has 114 valence electrons. The van der Waals surface area contributed by atoms with Crippen LogP contribution in [-0.4, -0.2) is 39.5 Å². The van der Waals surface area contributed by atoms with E-state index in [0.717, 1.165) is 51.9 Å². The van der Waals surface area contributed by atoms with Gasteiger partial charge in [0, 0.05) is 26.9 Å². The van der Waals surface area contributed by atoms with Crippen molar-refractivity contribution in [2.24, 2.45) is 5.41 Å². The summed E-state index contributed by atoms with van der Waals surface area (Å²) < 4.78 is 15.7. The van der Waals surface area contributed by atoms with Crippen molar-refractivity contribution in [2.75, 3.05) is 33.5 Å². The Kier molecular flexibility index (Phi) is 10.9. The van der Waals surface area contributed by atoms with Crippen LogP contribution in [0.5, 0.6) is 0 Å². The molecule has 0 unspecified atom stereocenters. The standard InChI is InChI=1S/C15H30O4/c1-5-15(2,3)14(16)19-13-9-8-12-18-11-7-6-10-17-4/h5-13H2,1-4H3. The summed E-state index contributed by atoms with van der Waals surface area (Å²) in [7, 11) is 1.71. The van der Waals surface area contributed by atoms with Crippen LogP contribution in [0.2, 0.25) is 0 Å². The molecule has 0 amide bonds. The van der Waals surface area contributed by atoms with E-state index in [2.05, 4.69) is 0 Å². The molecule has 4 nitrogen and oxygen atoms in total. The lowest BCUT2D eigenvalue weighted by atomic mass is 9.91. The highest BCUT2D eigenvalue weighted by molar-refractivity contribution is 5.75. The second-order valence-corrected chi connectivity index (χ2v) is 5.39. The van der Waals surface area contributed by atoms with Crippen LogP contribution in [0.25, 0.3) is 0 Å². The number of unbranched alkanes of at least 4 members (excludes halogenated alkanes) is 2. The zero-order valence-electron chi connectivity index (χ0n) is 13.0. The van der Waals surface area contributed by atoms with Crippen molar-refractivity contribution in [2.45, 2.75) is 52.9 Å². The molecule has 0 atom stereocenters. The van der Waals surface area contributed by atoms with Crippen molar-refractivity contribution in [3.05, 3.63) is 0 Å². The van der Waals surface area contributed by atoms with Crippen molar-refractivity contribution in [1.29, 1.82) is 0 Å². The van der Waals surface area contributed by atoms with Gasteiger partial charge in [-0.2, -0.15) is 0 Å². The second-order valence-electron chi connectivity index (χ2n) is 5.39. The van der Waals surface area contributed by atoms with Gasteiger partial charge in [0.25, 0.3) is 0 Å². The largest absolute Gasteiger partial charge is 0.465 e. The van der Waals surface area contributed by atoms with Crippen molar-refractivity contribution >= 4 is 5.97 Å². The van der Waals surface area contributed by atoms with E-state index in [-0.39, 0.29) is 11.4 Å². The summed E-state index contributed by atoms with van der Waals surface area (Å²) in [5.74, 6) is -0.101. The molecular formula is C15H30O4. The summed E-state index contributed by atoms with van der Waals surface area (Å²) in [6, 6.07) is 0. The molecule has 0 N–H and O–H groups in total. The molecule has 0 aromatic heterocycles. The normalized spacial score (nSPS) is 11.6. The topological polar surface area (TPSA) is 44.8 Å². The van der Waals surface area contributed by atoms with Crippen molar-refractivity contribution in [3.63, 3.8) is 0 Å². The van der Waals surface area contributed by atoms with Gasteiger partial charge in [-0.15, -0.1) is 0 Å². The van der Waals surface area contributed by atoms with Gasteiger partial charge in [-0.3, -0.25) is 4.79 Å². The summed E-state index contributed by atoms with van der Waals surface area (Å²) in [6.45, 7) is 8.64. The zero-order valence-corrected chi connectivity index (χ0v) is 13.0. The van der Waals surface area contributed by atoms with E-state index in [9.17, 15) is 4.79 Å². The maximum Gasteiger partial charge on any atom is 0.311 e. The van der Waals surface area contributed by atoms with Crippen LogP contribution >= 0.6 is 0 Å². The first kappa shape index (κ1) is 18.4.